The third-order valence-corrected chi connectivity index (χ3v) is 6.33. The van der Waals surface area contributed by atoms with Crippen molar-refractivity contribution in [1.29, 1.82) is 0 Å². The van der Waals surface area contributed by atoms with Crippen molar-refractivity contribution in [3.63, 3.8) is 0 Å². The number of aromatic nitrogens is 3. The highest BCUT2D eigenvalue weighted by atomic mass is 32.2. The van der Waals surface area contributed by atoms with Gasteiger partial charge in [0.05, 0.1) is 12.7 Å². The van der Waals surface area contributed by atoms with E-state index in [9.17, 15) is 15.3 Å². The van der Waals surface area contributed by atoms with Crippen molar-refractivity contribution in [3.8, 4) is 0 Å². The Bertz CT molecular complexity index is 874. The largest absolute Gasteiger partial charge is 0.388 e. The number of nitrogens with one attached hydrogen (secondary N) is 1. The van der Waals surface area contributed by atoms with Gasteiger partial charge in [-0.25, -0.2) is 4.68 Å². The molecule has 2 aliphatic rings. The normalized spacial score (nSPS) is 31.1. The first kappa shape index (κ1) is 20.3. The Morgan fingerprint density at radius 3 is 2.72 bits per heavy atom. The minimum Gasteiger partial charge on any atom is -0.388 e. The van der Waals surface area contributed by atoms with Gasteiger partial charge >= 0.3 is 0 Å². The monoisotopic (exact) mass is 419 g/mol. The summed E-state index contributed by atoms with van der Waals surface area (Å²) in [5, 5.41) is 43.9. The molecule has 0 amide bonds. The first-order valence-electron chi connectivity index (χ1n) is 9.58. The molecule has 1 aromatic carbocycles. The summed E-state index contributed by atoms with van der Waals surface area (Å²) < 4.78 is 7.51. The second-order valence-corrected chi connectivity index (χ2v) is 8.45. The first-order valence-corrected chi connectivity index (χ1v) is 10.5. The van der Waals surface area contributed by atoms with Gasteiger partial charge in [-0.1, -0.05) is 47.3 Å². The molecule has 4 rings (SSSR count). The summed E-state index contributed by atoms with van der Waals surface area (Å²) in [5.74, 6) is 0. The van der Waals surface area contributed by atoms with Crippen LogP contribution in [0.4, 0.5) is 0 Å². The molecule has 0 aliphatic carbocycles. The molecule has 0 spiro atoms. The molecule has 1 saturated heterocycles. The molecule has 0 bridgehead atoms. The Morgan fingerprint density at radius 2 is 2.00 bits per heavy atom. The Kier molecular flexibility index (Phi) is 5.63. The van der Waals surface area contributed by atoms with E-state index < -0.39 is 30.0 Å². The fraction of sp³-hybridized carbons (Fsp3) is 0.526. The number of aliphatic hydroxyl groups is 3. The molecular formula is C19H25N5O4S. The molecule has 0 saturated carbocycles. The van der Waals surface area contributed by atoms with E-state index >= 15 is 0 Å². The van der Waals surface area contributed by atoms with Gasteiger partial charge in [-0.3, -0.25) is 4.99 Å². The minimum atomic E-state index is -1.30. The van der Waals surface area contributed by atoms with Gasteiger partial charge < -0.3 is 25.4 Å². The van der Waals surface area contributed by atoms with Crippen LogP contribution >= 0.6 is 11.8 Å². The van der Waals surface area contributed by atoms with Gasteiger partial charge in [0.1, 0.15) is 41.1 Å². The van der Waals surface area contributed by atoms with E-state index in [4.69, 9.17) is 4.74 Å². The van der Waals surface area contributed by atoms with Crippen LogP contribution in [0.1, 0.15) is 25.1 Å². The van der Waals surface area contributed by atoms with E-state index in [0.717, 1.165) is 6.54 Å². The molecule has 1 aromatic heterocycles. The molecule has 1 fully saturated rings. The second-order valence-electron chi connectivity index (χ2n) is 7.36. The van der Waals surface area contributed by atoms with Crippen molar-refractivity contribution in [3.05, 3.63) is 47.8 Å². The summed E-state index contributed by atoms with van der Waals surface area (Å²) in [5.41, 5.74) is -0.579. The predicted octanol–water partition coefficient (Wildman–Crippen LogP) is 0.0615. The first-order chi connectivity index (χ1) is 13.9. The zero-order valence-electron chi connectivity index (χ0n) is 16.2. The Labute approximate surface area is 172 Å². The fourth-order valence-electron chi connectivity index (χ4n) is 3.52. The van der Waals surface area contributed by atoms with Gasteiger partial charge in [-0.2, -0.15) is 0 Å². The lowest BCUT2D eigenvalue weighted by Crippen LogP contribution is -2.55. The summed E-state index contributed by atoms with van der Waals surface area (Å²) in [4.78, 5) is 4.41. The number of benzene rings is 1. The average Bonchev–Trinajstić information content (AvgIpc) is 3.34. The summed E-state index contributed by atoms with van der Waals surface area (Å²) in [6, 6.07) is 8.71. The van der Waals surface area contributed by atoms with Crippen molar-refractivity contribution < 1.29 is 20.1 Å². The molecule has 3 heterocycles. The summed E-state index contributed by atoms with van der Waals surface area (Å²) in [6.45, 7) is 4.53. The van der Waals surface area contributed by atoms with E-state index in [1.165, 1.54) is 16.4 Å². The van der Waals surface area contributed by atoms with E-state index in [2.05, 4.69) is 20.6 Å². The van der Waals surface area contributed by atoms with Crippen LogP contribution in [-0.2, 0) is 16.9 Å². The van der Waals surface area contributed by atoms with Crippen LogP contribution in [0.2, 0.25) is 0 Å². The summed E-state index contributed by atoms with van der Waals surface area (Å²) in [6.07, 6.45) is -1.18. The number of hydrogen-bond donors (Lipinski definition) is 4. The minimum absolute atomic E-state index is 0.191. The number of aliphatic hydroxyl groups excluding tert-OH is 2. The van der Waals surface area contributed by atoms with Crippen LogP contribution < -0.4 is 5.32 Å². The van der Waals surface area contributed by atoms with E-state index in [1.807, 2.05) is 37.3 Å². The standard InChI is InChI=1S/C19H25N5O4S/c1-3-20-18-21-14-16(26)15(25)12(28-17(14)29-18)9-24-10-13(22-23-24)19(2,27)11-7-5-4-6-8-11/h4-8,10,12,14-17,25-27H,3,9H2,1-2H3,(H,20,21)/t12-,14-,15-,16-,17-,19?/m1/s1. The second kappa shape index (κ2) is 8.04. The van der Waals surface area contributed by atoms with E-state index in [1.54, 1.807) is 13.1 Å². The Morgan fingerprint density at radius 1 is 1.24 bits per heavy atom. The highest BCUT2D eigenvalue weighted by Gasteiger charge is 2.48. The molecule has 0 radical (unpaired) electrons. The zero-order valence-corrected chi connectivity index (χ0v) is 17.0. The van der Waals surface area contributed by atoms with Crippen molar-refractivity contribution in [2.45, 2.75) is 55.8 Å². The maximum absolute atomic E-state index is 10.9. The molecule has 2 aromatic rings. The quantitative estimate of drug-likeness (QED) is 0.536. The van der Waals surface area contributed by atoms with Gasteiger partial charge in [-0.05, 0) is 19.4 Å². The van der Waals surface area contributed by atoms with E-state index in [-0.39, 0.29) is 12.0 Å². The number of amidine groups is 1. The van der Waals surface area contributed by atoms with E-state index in [0.29, 0.717) is 16.4 Å². The SMILES string of the molecule is CCNC1=N[C@@H]2[C@@H](O)[C@H](O)[C@@H](Cn3cc(C(C)(O)c4ccccc4)nn3)O[C@@H]2S1. The lowest BCUT2D eigenvalue weighted by Gasteiger charge is -2.38. The highest BCUT2D eigenvalue weighted by molar-refractivity contribution is 8.14. The van der Waals surface area contributed by atoms with Crippen LogP contribution in [0.3, 0.4) is 0 Å². The van der Waals surface area contributed by atoms with Crippen LogP contribution in [0.15, 0.2) is 41.5 Å². The van der Waals surface area contributed by atoms with Gasteiger partial charge in [0.15, 0.2) is 5.17 Å². The molecule has 10 heteroatoms. The molecule has 1 unspecified atom stereocenters. The van der Waals surface area contributed by atoms with Gasteiger partial charge in [-0.15, -0.1) is 5.10 Å². The van der Waals surface area contributed by atoms with Crippen LogP contribution in [0, 0.1) is 0 Å². The summed E-state index contributed by atoms with van der Waals surface area (Å²) in [7, 11) is 0. The van der Waals surface area contributed by atoms with Crippen LogP contribution in [0.25, 0.3) is 0 Å². The van der Waals surface area contributed by atoms with Crippen molar-refractivity contribution in [1.82, 2.24) is 20.3 Å². The van der Waals surface area contributed by atoms with Gasteiger partial charge in [0, 0.05) is 6.54 Å². The molecule has 156 valence electrons. The number of thioether (sulfide) groups is 1. The zero-order chi connectivity index (χ0) is 20.6. The van der Waals surface area contributed by atoms with Crippen molar-refractivity contribution >= 4 is 16.9 Å². The molecule has 4 N–H and O–H groups in total. The topological polar surface area (TPSA) is 125 Å². The number of ether oxygens (including phenoxy) is 1. The molecular weight excluding hydrogens is 394 g/mol. The summed E-state index contributed by atoms with van der Waals surface area (Å²) >= 11 is 1.41. The number of fused-ring (bicyclic) bond motifs is 1. The van der Waals surface area contributed by atoms with Crippen LogP contribution in [0.5, 0.6) is 0 Å². The number of aliphatic imine (C=N–C) groups is 1. The fourth-order valence-corrected chi connectivity index (χ4v) is 4.71. The molecule has 9 nitrogen and oxygen atoms in total. The number of rotatable bonds is 5. The predicted molar refractivity (Wildman–Crippen MR) is 108 cm³/mol. The molecule has 6 atom stereocenters. The van der Waals surface area contributed by atoms with Crippen molar-refractivity contribution in [2.24, 2.45) is 4.99 Å². The third kappa shape index (κ3) is 3.90. The third-order valence-electron chi connectivity index (χ3n) is 5.23. The highest BCUT2D eigenvalue weighted by Crippen LogP contribution is 2.36. The van der Waals surface area contributed by atoms with Crippen molar-refractivity contribution in [2.75, 3.05) is 6.54 Å². The smallest absolute Gasteiger partial charge is 0.159 e. The van der Waals surface area contributed by atoms with Gasteiger partial charge in [0.25, 0.3) is 0 Å². The maximum atomic E-state index is 10.9. The van der Waals surface area contributed by atoms with Gasteiger partial charge in [0.2, 0.25) is 0 Å². The molecule has 29 heavy (non-hydrogen) atoms. The lowest BCUT2D eigenvalue weighted by molar-refractivity contribution is -0.157. The number of hydrogen-bond acceptors (Lipinski definition) is 9. The van der Waals surface area contributed by atoms with Crippen LogP contribution in [-0.4, -0.2) is 71.8 Å². The Hall–Kier alpha value is -1.98. The maximum Gasteiger partial charge on any atom is 0.159 e. The molecule has 2 aliphatic heterocycles. The average molecular weight is 420 g/mol. The number of nitrogens with zero attached hydrogens (tertiary/aromatic N) is 4. The lowest BCUT2D eigenvalue weighted by atomic mass is 9.93. The Balaban J connectivity index is 1.47.